The number of nitriles is 1. The summed E-state index contributed by atoms with van der Waals surface area (Å²) in [4.78, 5) is 27.9. The van der Waals surface area contributed by atoms with Gasteiger partial charge in [-0.1, -0.05) is 68.4 Å². The van der Waals surface area contributed by atoms with Crippen LogP contribution < -0.4 is 20.1 Å². The van der Waals surface area contributed by atoms with Gasteiger partial charge in [-0.2, -0.15) is 15.2 Å². The van der Waals surface area contributed by atoms with Gasteiger partial charge in [-0.25, -0.2) is 9.65 Å². The van der Waals surface area contributed by atoms with E-state index in [2.05, 4.69) is 61.2 Å². The van der Waals surface area contributed by atoms with Crippen LogP contribution in [0, 0.1) is 17.2 Å². The smallest absolute Gasteiger partial charge is 0.259 e. The van der Waals surface area contributed by atoms with E-state index in [0.29, 0.717) is 47.7 Å². The van der Waals surface area contributed by atoms with Crippen LogP contribution in [0.4, 0.5) is 11.8 Å². The molecule has 71 heavy (non-hydrogen) atoms. The highest BCUT2D eigenvalue weighted by Gasteiger charge is 2.48. The number of carbonyl (C=O) groups is 1. The molecule has 1 radical (unpaired) electrons. The van der Waals surface area contributed by atoms with Crippen LogP contribution in [0.3, 0.4) is 0 Å². The summed E-state index contributed by atoms with van der Waals surface area (Å²) in [5.41, 5.74) is 1.04. The molecule has 4 heterocycles. The third-order valence-corrected chi connectivity index (χ3v) is 15.3. The number of nitrogens with zero attached hydrogens (tertiary/aromatic N) is 7. The number of benzene rings is 3. The number of ether oxygens (including phenoxy) is 4. The predicted molar refractivity (Wildman–Crippen MR) is 273 cm³/mol. The third-order valence-electron chi connectivity index (χ3n) is 13.1. The van der Waals surface area contributed by atoms with E-state index in [9.17, 15) is 15.3 Å². The fraction of sp³-hybridized carbons (Fsp3) is 0.528. The molecule has 2 aliphatic rings. The van der Waals surface area contributed by atoms with Gasteiger partial charge in [0.1, 0.15) is 29.4 Å². The van der Waals surface area contributed by atoms with Crippen molar-refractivity contribution in [3.05, 3.63) is 102 Å². The Balaban J connectivity index is 1.33. The number of imidazole rings is 1. The maximum Gasteiger partial charge on any atom is 0.259 e. The number of aromatic nitrogens is 4. The van der Waals surface area contributed by atoms with Crippen molar-refractivity contribution in [2.45, 2.75) is 148 Å². The highest BCUT2D eigenvalue weighted by atomic mass is 31.2. The monoisotopic (exact) mass is 993 g/mol. The van der Waals surface area contributed by atoms with Gasteiger partial charge in [-0.15, -0.1) is 10.3 Å². The Morgan fingerprint density at radius 3 is 2.00 bits per heavy atom. The number of anilines is 2. The number of carbonyl (C=O) groups excluding carboxylic acids is 1. The van der Waals surface area contributed by atoms with E-state index < -0.39 is 43.6 Å². The zero-order valence-corrected chi connectivity index (χ0v) is 44.1. The molecule has 2 N–H and O–H groups in total. The van der Waals surface area contributed by atoms with Crippen molar-refractivity contribution in [1.29, 1.82) is 5.26 Å². The first-order chi connectivity index (χ1) is 33.8. The minimum Gasteiger partial charge on any atom is -0.497 e. The average molecular weight is 993 g/mol. The van der Waals surface area contributed by atoms with Gasteiger partial charge in [0.05, 0.1) is 52.4 Å². The molecule has 2 fully saturated rings. The molecule has 4 atom stereocenters. The molecule has 5 aromatic rings. The normalized spacial score (nSPS) is 19.9. The van der Waals surface area contributed by atoms with Gasteiger partial charge in [0.15, 0.2) is 17.0 Å². The van der Waals surface area contributed by atoms with Crippen molar-refractivity contribution in [1.82, 2.24) is 29.3 Å². The fourth-order valence-corrected chi connectivity index (χ4v) is 11.7. The van der Waals surface area contributed by atoms with E-state index in [-0.39, 0.29) is 55.5 Å². The van der Waals surface area contributed by atoms with Gasteiger partial charge in [-0.05, 0) is 109 Å². The molecule has 0 bridgehead atoms. The van der Waals surface area contributed by atoms with Crippen LogP contribution in [-0.2, 0) is 34.1 Å². The summed E-state index contributed by atoms with van der Waals surface area (Å²) in [6.45, 7) is 20.0. The number of hydrogen-bond donors (Lipinski definition) is 2. The highest BCUT2D eigenvalue weighted by molar-refractivity contribution is 7.44. The minimum absolute atomic E-state index is 0.0450. The highest BCUT2D eigenvalue weighted by Crippen LogP contribution is 2.51. The van der Waals surface area contributed by atoms with Crippen LogP contribution >= 0.6 is 8.53 Å². The van der Waals surface area contributed by atoms with Crippen molar-refractivity contribution < 1.29 is 38.0 Å². The lowest BCUT2D eigenvalue weighted by atomic mass is 9.79. The van der Waals surface area contributed by atoms with Gasteiger partial charge in [0.25, 0.3) is 8.53 Å². The lowest BCUT2D eigenvalue weighted by molar-refractivity contribution is -0.288. The topological polar surface area (TPSA) is 190 Å². The largest absolute Gasteiger partial charge is 0.497 e. The molecular formula is C53H71N9O8P. The summed E-state index contributed by atoms with van der Waals surface area (Å²) >= 11 is 0. The number of amides is 1. The van der Waals surface area contributed by atoms with Crippen molar-refractivity contribution in [2.24, 2.45) is 5.92 Å². The van der Waals surface area contributed by atoms with Crippen molar-refractivity contribution in [3.63, 3.8) is 0 Å². The molecule has 18 heteroatoms. The molecular weight excluding hydrogens is 922 g/mol. The first-order valence-electron chi connectivity index (χ1n) is 24.5. The number of piperidine rings is 1. The van der Waals surface area contributed by atoms with Crippen LogP contribution in [0.1, 0.15) is 118 Å². The summed E-state index contributed by atoms with van der Waals surface area (Å²) < 4.78 is 43.5. The lowest BCUT2D eigenvalue weighted by Crippen LogP contribution is -2.60. The second kappa shape index (κ2) is 22.6. The standard InChI is InChI=1S/C53H71N9O8P/c1-34(2)49(63)59-50-57-47(56-40-30-51(7,8)62(64)52(9,10)31-40)46-48(58-50)60(33-55-46)45-29-43(70-71(68-28-16-27-54)61(35(3)4)36(5)6)44(69-45)32-67-53(37-17-14-13-15-18-37,38-19-23-41(65-11)24-20-38)39-21-25-42(66-12)26-22-39/h13-15,17-26,33-36,40,43-45H,16,28-32H2,1-12H3,(H2,56,57,58,59,63)/t43-,44+,45+,71?/m0/s1. The molecule has 3 aromatic carbocycles. The predicted octanol–water partition coefficient (Wildman–Crippen LogP) is 10.2. The number of hydroxylamine groups is 2. The number of hydrogen-bond acceptors (Lipinski definition) is 14. The summed E-state index contributed by atoms with van der Waals surface area (Å²) in [6, 6.07) is 28.0. The number of methoxy groups -OCH3 is 2. The molecule has 7 rings (SSSR count). The molecule has 1 unspecified atom stereocenters. The summed E-state index contributed by atoms with van der Waals surface area (Å²) in [5.74, 6) is 1.36. The molecule has 2 aromatic heterocycles. The molecule has 2 saturated heterocycles. The van der Waals surface area contributed by atoms with Gasteiger partial charge in [-0.3, -0.25) is 14.7 Å². The molecule has 17 nitrogen and oxygen atoms in total. The Labute approximate surface area is 420 Å². The van der Waals surface area contributed by atoms with Gasteiger partial charge < -0.3 is 33.3 Å². The molecule has 1 amide bonds. The SMILES string of the molecule is COc1ccc(C(OC[C@H]2O[C@@H](n3cnc4c(NC5CC(C)(C)N([O])C(C)(C)C5)nc(NC(=O)C(C)C)nc43)C[C@@H]2OP(OCCC#N)N(C(C)C)C(C)C)(c2ccccc2)c2ccc(OC)cc2)cc1. The summed E-state index contributed by atoms with van der Waals surface area (Å²) in [6.07, 6.45) is 1.33. The van der Waals surface area contributed by atoms with Crippen molar-refractivity contribution in [2.75, 3.05) is 38.1 Å². The maximum atomic E-state index is 13.4. The van der Waals surface area contributed by atoms with E-state index in [0.717, 1.165) is 16.7 Å². The molecule has 0 saturated carbocycles. The van der Waals surface area contributed by atoms with Crippen LogP contribution in [-0.4, -0.2) is 104 Å². The van der Waals surface area contributed by atoms with Crippen LogP contribution in [0.25, 0.3) is 11.2 Å². The lowest BCUT2D eigenvalue weighted by Gasteiger charge is -2.50. The Hall–Kier alpha value is -5.28. The van der Waals surface area contributed by atoms with Gasteiger partial charge >= 0.3 is 0 Å². The second-order valence-corrected chi connectivity index (χ2v) is 21.8. The number of nitrogens with one attached hydrogen (secondary N) is 2. The summed E-state index contributed by atoms with van der Waals surface area (Å²) in [7, 11) is 1.57. The van der Waals surface area contributed by atoms with Gasteiger partial charge in [0.2, 0.25) is 11.9 Å². The van der Waals surface area contributed by atoms with E-state index in [1.165, 1.54) is 5.06 Å². The van der Waals surface area contributed by atoms with Crippen LogP contribution in [0.2, 0.25) is 0 Å². The van der Waals surface area contributed by atoms with Crippen LogP contribution in [0.5, 0.6) is 11.5 Å². The van der Waals surface area contributed by atoms with Gasteiger partial charge in [0, 0.05) is 41.5 Å². The Morgan fingerprint density at radius 2 is 1.46 bits per heavy atom. The fourth-order valence-electron chi connectivity index (χ4n) is 9.92. The van der Waals surface area contributed by atoms with Crippen molar-refractivity contribution in [3.8, 4) is 17.6 Å². The van der Waals surface area contributed by atoms with E-state index >= 15 is 0 Å². The molecule has 0 aliphatic carbocycles. The number of fused-ring (bicyclic) bond motifs is 1. The number of rotatable bonds is 21. The molecule has 2 aliphatic heterocycles. The van der Waals surface area contributed by atoms with Crippen molar-refractivity contribution >= 4 is 37.4 Å². The zero-order chi connectivity index (χ0) is 51.3. The first-order valence-corrected chi connectivity index (χ1v) is 25.6. The molecule has 381 valence electrons. The Morgan fingerprint density at radius 1 is 0.887 bits per heavy atom. The van der Waals surface area contributed by atoms with E-state index in [1.54, 1.807) is 34.4 Å². The quantitative estimate of drug-likeness (QED) is 0.0401. The molecule has 0 spiro atoms. The maximum absolute atomic E-state index is 13.4. The van der Waals surface area contributed by atoms with Crippen LogP contribution in [0.15, 0.2) is 85.2 Å². The van der Waals surface area contributed by atoms with E-state index in [4.69, 9.17) is 42.9 Å². The Bertz CT molecular complexity index is 2510. The second-order valence-electron chi connectivity index (χ2n) is 20.4. The zero-order valence-electron chi connectivity index (χ0n) is 43.2. The van der Waals surface area contributed by atoms with E-state index in [1.807, 2.05) is 99.0 Å². The Kier molecular flexibility index (Phi) is 17.1. The summed E-state index contributed by atoms with van der Waals surface area (Å²) in [5, 5.41) is 30.6. The average Bonchev–Trinajstić information content (AvgIpc) is 3.95. The first kappa shape index (κ1) is 53.5. The minimum atomic E-state index is -1.72. The third kappa shape index (κ3) is 11.8.